The molecule has 0 unspecified atom stereocenters. The number of hydrogen-bond donors (Lipinski definition) is 0. The fourth-order valence-electron chi connectivity index (χ4n) is 2.33. The molecule has 1 aliphatic carbocycles. The first kappa shape index (κ1) is 10.3. The molecule has 1 aromatic rings. The van der Waals surface area contributed by atoms with Crippen LogP contribution >= 0.6 is 0 Å². The topological polar surface area (TPSA) is 17.1 Å². The molecule has 0 N–H and O–H groups in total. The zero-order chi connectivity index (χ0) is 10.7. The molecule has 0 radical (unpaired) electrons. The molecular weight excluding hydrogens is 184 g/mol. The van der Waals surface area contributed by atoms with Gasteiger partial charge in [0.2, 0.25) is 0 Å². The van der Waals surface area contributed by atoms with Crippen LogP contribution in [-0.2, 0) is 0 Å². The van der Waals surface area contributed by atoms with E-state index in [0.29, 0.717) is 11.7 Å². The Hall–Kier alpha value is -1.24. The van der Waals surface area contributed by atoms with E-state index in [9.17, 15) is 4.79 Å². The van der Waals surface area contributed by atoms with Gasteiger partial charge in [-0.3, -0.25) is 4.79 Å². The van der Waals surface area contributed by atoms with Gasteiger partial charge in [0.15, 0.2) is 5.78 Å². The van der Waals surface area contributed by atoms with Gasteiger partial charge in [-0.05, 0) is 6.42 Å². The van der Waals surface area contributed by atoms with E-state index in [0.717, 1.165) is 24.8 Å². The SMILES string of the molecule is C[C@@H]1C[CH+]CC[C@H]1C(=O)c1ccccc1. The minimum Gasteiger partial charge on any atom is -0.294 e. The quantitative estimate of drug-likeness (QED) is 0.528. The first-order valence-corrected chi connectivity index (χ1v) is 5.70. The van der Waals surface area contributed by atoms with Crippen molar-refractivity contribution in [3.8, 4) is 0 Å². The van der Waals surface area contributed by atoms with Gasteiger partial charge in [-0.2, -0.15) is 0 Å². The predicted octanol–water partition coefficient (Wildman–Crippen LogP) is 3.51. The summed E-state index contributed by atoms with van der Waals surface area (Å²) in [5, 5.41) is 0. The minimum absolute atomic E-state index is 0.234. The fourth-order valence-corrected chi connectivity index (χ4v) is 2.33. The third kappa shape index (κ3) is 2.23. The Labute approximate surface area is 91.5 Å². The summed E-state index contributed by atoms with van der Waals surface area (Å²) in [4.78, 5) is 12.2. The molecule has 2 rings (SSSR count). The highest BCUT2D eigenvalue weighted by atomic mass is 16.1. The number of carbonyl (C=O) groups excluding carboxylic acids is 1. The maximum absolute atomic E-state index is 12.2. The summed E-state index contributed by atoms with van der Waals surface area (Å²) in [6.45, 7) is 2.18. The monoisotopic (exact) mass is 201 g/mol. The van der Waals surface area contributed by atoms with Gasteiger partial charge in [0.1, 0.15) is 0 Å². The fraction of sp³-hybridized carbons (Fsp3) is 0.429. The summed E-state index contributed by atoms with van der Waals surface area (Å²) in [5.41, 5.74) is 0.872. The molecule has 0 spiro atoms. The maximum atomic E-state index is 12.2. The minimum atomic E-state index is 0.234. The zero-order valence-corrected chi connectivity index (χ0v) is 9.15. The van der Waals surface area contributed by atoms with Crippen LogP contribution in [0.15, 0.2) is 30.3 Å². The number of Topliss-reactive ketones (excluding diaryl/α,β-unsaturated/α-hetero) is 1. The summed E-state index contributed by atoms with van der Waals surface area (Å²) in [5.74, 6) is 1.07. The van der Waals surface area contributed by atoms with Gasteiger partial charge in [-0.1, -0.05) is 37.3 Å². The summed E-state index contributed by atoms with van der Waals surface area (Å²) < 4.78 is 0. The van der Waals surface area contributed by atoms with Crippen molar-refractivity contribution in [2.45, 2.75) is 26.2 Å². The molecular formula is C14H17O+. The van der Waals surface area contributed by atoms with Gasteiger partial charge in [-0.25, -0.2) is 0 Å². The van der Waals surface area contributed by atoms with E-state index >= 15 is 0 Å². The standard InChI is InChI=1S/C14H17O/c1-11-7-5-6-10-13(11)14(15)12-8-3-2-4-9-12/h2-5,8-9,11,13H,6-7,10H2,1H3/q+1/t11-,13-/m1/s1. The second kappa shape index (κ2) is 4.52. The molecule has 0 amide bonds. The van der Waals surface area contributed by atoms with E-state index < -0.39 is 0 Å². The number of benzene rings is 1. The molecule has 1 aliphatic rings. The van der Waals surface area contributed by atoms with Crippen LogP contribution in [0.4, 0.5) is 0 Å². The Kier molecular flexibility index (Phi) is 3.10. The van der Waals surface area contributed by atoms with Crippen molar-refractivity contribution in [3.05, 3.63) is 42.3 Å². The molecule has 0 saturated heterocycles. The molecule has 1 fully saturated rings. The Morgan fingerprint density at radius 3 is 2.73 bits per heavy atom. The Bertz CT molecular complexity index is 328. The number of rotatable bonds is 2. The number of ketones is 1. The van der Waals surface area contributed by atoms with Crippen LogP contribution < -0.4 is 0 Å². The van der Waals surface area contributed by atoms with Gasteiger partial charge in [0, 0.05) is 17.4 Å². The van der Waals surface area contributed by atoms with E-state index in [4.69, 9.17) is 0 Å². The van der Waals surface area contributed by atoms with Gasteiger partial charge >= 0.3 is 0 Å². The molecule has 1 heteroatoms. The summed E-state index contributed by atoms with van der Waals surface area (Å²) in [6.07, 6.45) is 5.51. The average Bonchev–Trinajstić information content (AvgIpc) is 2.30. The van der Waals surface area contributed by atoms with Gasteiger partial charge < -0.3 is 0 Å². The van der Waals surface area contributed by atoms with Crippen LogP contribution in [-0.4, -0.2) is 5.78 Å². The molecule has 0 aliphatic heterocycles. The Morgan fingerprint density at radius 1 is 1.33 bits per heavy atom. The average molecular weight is 201 g/mol. The van der Waals surface area contributed by atoms with E-state index in [-0.39, 0.29) is 5.92 Å². The van der Waals surface area contributed by atoms with Crippen molar-refractivity contribution >= 4 is 5.78 Å². The Morgan fingerprint density at radius 2 is 2.07 bits per heavy atom. The molecule has 15 heavy (non-hydrogen) atoms. The Balaban J connectivity index is 2.13. The summed E-state index contributed by atoms with van der Waals surface area (Å²) in [7, 11) is 0. The smallest absolute Gasteiger partial charge is 0.166 e. The van der Waals surface area contributed by atoms with Crippen molar-refractivity contribution in [2.75, 3.05) is 0 Å². The van der Waals surface area contributed by atoms with Gasteiger partial charge in [0.25, 0.3) is 0 Å². The van der Waals surface area contributed by atoms with Crippen molar-refractivity contribution in [2.24, 2.45) is 11.8 Å². The largest absolute Gasteiger partial charge is 0.294 e. The van der Waals surface area contributed by atoms with E-state index in [1.807, 2.05) is 30.3 Å². The van der Waals surface area contributed by atoms with Crippen LogP contribution in [0.25, 0.3) is 0 Å². The van der Waals surface area contributed by atoms with Crippen LogP contribution in [0.2, 0.25) is 0 Å². The highest BCUT2D eigenvalue weighted by Gasteiger charge is 2.32. The zero-order valence-electron chi connectivity index (χ0n) is 9.15. The second-order valence-corrected chi connectivity index (χ2v) is 4.42. The molecule has 0 bridgehead atoms. The summed E-state index contributed by atoms with van der Waals surface area (Å²) >= 11 is 0. The molecule has 1 saturated carbocycles. The summed E-state index contributed by atoms with van der Waals surface area (Å²) in [6, 6.07) is 9.68. The van der Waals surface area contributed by atoms with Crippen LogP contribution in [0.5, 0.6) is 0 Å². The van der Waals surface area contributed by atoms with E-state index in [1.54, 1.807) is 0 Å². The lowest BCUT2D eigenvalue weighted by molar-refractivity contribution is 0.0854. The molecule has 1 aromatic carbocycles. The first-order valence-electron chi connectivity index (χ1n) is 5.70. The van der Waals surface area contributed by atoms with Gasteiger partial charge in [-0.15, -0.1) is 0 Å². The highest BCUT2D eigenvalue weighted by Crippen LogP contribution is 2.31. The lowest BCUT2D eigenvalue weighted by atomic mass is 9.76. The van der Waals surface area contributed by atoms with Crippen molar-refractivity contribution in [1.82, 2.24) is 0 Å². The lowest BCUT2D eigenvalue weighted by Gasteiger charge is -2.22. The molecule has 1 nitrogen and oxygen atoms in total. The van der Waals surface area contributed by atoms with Crippen LogP contribution in [0, 0.1) is 18.3 Å². The predicted molar refractivity (Wildman–Crippen MR) is 61.6 cm³/mol. The third-order valence-electron chi connectivity index (χ3n) is 3.30. The lowest BCUT2D eigenvalue weighted by Crippen LogP contribution is -2.25. The van der Waals surface area contributed by atoms with Crippen LogP contribution in [0.1, 0.15) is 36.5 Å². The second-order valence-electron chi connectivity index (χ2n) is 4.42. The molecule has 2 atom stereocenters. The number of hydrogen-bond acceptors (Lipinski definition) is 1. The maximum Gasteiger partial charge on any atom is 0.166 e. The van der Waals surface area contributed by atoms with Crippen molar-refractivity contribution in [1.29, 1.82) is 0 Å². The van der Waals surface area contributed by atoms with E-state index in [2.05, 4.69) is 13.3 Å². The molecule has 78 valence electrons. The highest BCUT2D eigenvalue weighted by molar-refractivity contribution is 5.98. The van der Waals surface area contributed by atoms with Crippen molar-refractivity contribution < 1.29 is 4.79 Å². The normalized spacial score (nSPS) is 25.7. The number of carbonyl (C=O) groups is 1. The molecule has 0 aromatic heterocycles. The van der Waals surface area contributed by atoms with E-state index in [1.165, 1.54) is 0 Å². The van der Waals surface area contributed by atoms with Crippen LogP contribution in [0.3, 0.4) is 0 Å². The molecule has 0 heterocycles. The third-order valence-corrected chi connectivity index (χ3v) is 3.30. The first-order chi connectivity index (χ1) is 7.29. The van der Waals surface area contributed by atoms with Gasteiger partial charge in [0.05, 0.1) is 19.3 Å². The van der Waals surface area contributed by atoms with Crippen molar-refractivity contribution in [3.63, 3.8) is 0 Å².